The van der Waals surface area contributed by atoms with Crippen molar-refractivity contribution in [3.8, 4) is 0 Å². The molecule has 0 spiro atoms. The molecule has 0 aromatic rings. The molecule has 0 aromatic heterocycles. The summed E-state index contributed by atoms with van der Waals surface area (Å²) in [5, 5.41) is 9.67. The fourth-order valence-electron chi connectivity index (χ4n) is 0.154. The third-order valence-corrected chi connectivity index (χ3v) is 0.376. The van der Waals surface area contributed by atoms with E-state index < -0.39 is 6.16 Å². The van der Waals surface area contributed by atoms with Gasteiger partial charge in [0.05, 0.1) is 6.61 Å². The maximum absolute atomic E-state index is 11.0. The van der Waals surface area contributed by atoms with E-state index in [2.05, 4.69) is 0 Å². The van der Waals surface area contributed by atoms with E-state index in [4.69, 9.17) is 5.11 Å². The van der Waals surface area contributed by atoms with Crippen molar-refractivity contribution in [3.63, 3.8) is 0 Å². The Morgan fingerprint density at radius 3 is 2.57 bits per heavy atom. The molecule has 42 valence electrons. The van der Waals surface area contributed by atoms with E-state index in [0.717, 1.165) is 0 Å². The van der Waals surface area contributed by atoms with Gasteiger partial charge in [0.25, 0.3) is 0 Å². The van der Waals surface area contributed by atoms with Crippen LogP contribution >= 0.6 is 0 Å². The molecule has 0 radical (unpaired) electrons. The van der Waals surface area contributed by atoms with Crippen LogP contribution in [0.4, 0.5) is 9.18 Å². The largest absolute Gasteiger partial charge is 0.397 e. The minimum atomic E-state index is -1.60. The Kier molecular flexibility index (Phi) is 3.22. The van der Waals surface area contributed by atoms with Crippen LogP contribution in [0.25, 0.3) is 0 Å². The number of hydrogen-bond acceptors (Lipinski definition) is 2. The van der Waals surface area contributed by atoms with Gasteiger partial charge in [0, 0.05) is 6.54 Å². The normalized spacial score (nSPS) is 8.29. The Hall–Kier alpha value is -0.640. The van der Waals surface area contributed by atoms with Gasteiger partial charge >= 0.3 is 6.16 Å². The first kappa shape index (κ1) is 6.36. The third-order valence-electron chi connectivity index (χ3n) is 0.376. The van der Waals surface area contributed by atoms with Crippen LogP contribution in [-0.4, -0.2) is 24.4 Å². The lowest BCUT2D eigenvalue weighted by molar-refractivity contribution is 0.216. The van der Waals surface area contributed by atoms with Crippen molar-refractivity contribution in [2.24, 2.45) is 0 Å². The Labute approximate surface area is 40.1 Å². The quantitative estimate of drug-likeness (QED) is 0.374. The summed E-state index contributed by atoms with van der Waals surface area (Å²) in [4.78, 5) is 9.31. The molecule has 3 nitrogen and oxygen atoms in total. The van der Waals surface area contributed by atoms with E-state index in [1.54, 1.807) is 5.32 Å². The number of hydrogen-bond donors (Lipinski definition) is 2. The first-order chi connectivity index (χ1) is 3.27. The minimum absolute atomic E-state index is 0.0185. The van der Waals surface area contributed by atoms with Crippen LogP contribution < -0.4 is 5.32 Å². The van der Waals surface area contributed by atoms with Crippen LogP contribution in [0.15, 0.2) is 0 Å². The van der Waals surface area contributed by atoms with E-state index in [1.165, 1.54) is 0 Å². The molecule has 0 fully saturated rings. The van der Waals surface area contributed by atoms with Gasteiger partial charge < -0.3 is 10.4 Å². The van der Waals surface area contributed by atoms with E-state index in [0.29, 0.717) is 0 Å². The molecule has 0 saturated carbocycles. The smallest absolute Gasteiger partial charge is 0.395 e. The summed E-state index contributed by atoms with van der Waals surface area (Å²) < 4.78 is 11.0. The summed E-state index contributed by atoms with van der Waals surface area (Å²) in [7, 11) is 0. The highest BCUT2D eigenvalue weighted by Crippen LogP contribution is 1.65. The number of rotatable bonds is 2. The third kappa shape index (κ3) is 5.36. The van der Waals surface area contributed by atoms with Gasteiger partial charge in [0.2, 0.25) is 0 Å². The number of aliphatic hydroxyl groups is 1. The fraction of sp³-hybridized carbons (Fsp3) is 0.667. The van der Waals surface area contributed by atoms with E-state index in [9.17, 15) is 9.18 Å². The van der Waals surface area contributed by atoms with Gasteiger partial charge in [-0.1, -0.05) is 0 Å². The summed E-state index contributed by atoms with van der Waals surface area (Å²) in [6.07, 6.45) is -1.60. The predicted molar refractivity (Wildman–Crippen MR) is 21.6 cm³/mol. The summed E-state index contributed by atoms with van der Waals surface area (Å²) >= 11 is 0. The SMILES string of the molecule is O=C(F)NCCO. The molecule has 2 N–H and O–H groups in total. The highest BCUT2D eigenvalue weighted by Gasteiger charge is 1.89. The molecule has 1 amide bonds. The van der Waals surface area contributed by atoms with Gasteiger partial charge in [0.15, 0.2) is 0 Å². The topological polar surface area (TPSA) is 49.3 Å². The molecular weight excluding hydrogens is 101 g/mol. The molecule has 0 aliphatic carbocycles. The Morgan fingerprint density at radius 1 is 1.86 bits per heavy atom. The van der Waals surface area contributed by atoms with Gasteiger partial charge in [-0.15, -0.1) is 4.39 Å². The lowest BCUT2D eigenvalue weighted by Crippen LogP contribution is -2.20. The van der Waals surface area contributed by atoms with Crippen molar-refractivity contribution in [1.82, 2.24) is 5.32 Å². The average Bonchev–Trinajstić information content (AvgIpc) is 1.61. The van der Waals surface area contributed by atoms with Crippen LogP contribution in [0.2, 0.25) is 0 Å². The maximum atomic E-state index is 11.0. The number of nitrogens with one attached hydrogen (secondary N) is 1. The van der Waals surface area contributed by atoms with Crippen LogP contribution in [0.3, 0.4) is 0 Å². The highest BCUT2D eigenvalue weighted by molar-refractivity contribution is 5.65. The number of aliphatic hydroxyl groups excluding tert-OH is 1. The molecule has 7 heavy (non-hydrogen) atoms. The molecule has 0 unspecified atom stereocenters. The summed E-state index contributed by atoms with van der Waals surface area (Å²) in [6.45, 7) is -0.245. The molecular formula is C3H6FNO2. The van der Waals surface area contributed by atoms with Gasteiger partial charge in [-0.05, 0) is 0 Å². The minimum Gasteiger partial charge on any atom is -0.395 e. The molecule has 4 heteroatoms. The molecule has 0 atom stereocenters. The van der Waals surface area contributed by atoms with Crippen molar-refractivity contribution in [2.75, 3.05) is 13.2 Å². The molecule has 0 saturated heterocycles. The fourth-order valence-corrected chi connectivity index (χ4v) is 0.154. The van der Waals surface area contributed by atoms with Crippen molar-refractivity contribution in [2.45, 2.75) is 0 Å². The number of halogens is 1. The zero-order chi connectivity index (χ0) is 5.70. The molecule has 0 aromatic carbocycles. The van der Waals surface area contributed by atoms with Gasteiger partial charge in [-0.25, -0.2) is 4.79 Å². The first-order valence-electron chi connectivity index (χ1n) is 1.81. The number of carbonyl (C=O) groups is 1. The van der Waals surface area contributed by atoms with Crippen molar-refractivity contribution >= 4 is 6.16 Å². The maximum Gasteiger partial charge on any atom is 0.397 e. The van der Waals surface area contributed by atoms with Crippen LogP contribution in [0, 0.1) is 0 Å². The lowest BCUT2D eigenvalue weighted by atomic mass is 10.7. The van der Waals surface area contributed by atoms with Gasteiger partial charge in [-0.2, -0.15) is 0 Å². The van der Waals surface area contributed by atoms with Crippen molar-refractivity contribution in [1.29, 1.82) is 0 Å². The second-order valence-corrected chi connectivity index (χ2v) is 0.924. The molecule has 0 aliphatic rings. The van der Waals surface area contributed by atoms with Crippen LogP contribution in [0.1, 0.15) is 0 Å². The standard InChI is InChI=1S/C3H6FNO2/c4-3(7)5-1-2-6/h6H,1-2H2,(H,5,7). The summed E-state index contributed by atoms with van der Waals surface area (Å²) in [6, 6.07) is 0. The molecule has 0 aliphatic heterocycles. The average molecular weight is 107 g/mol. The monoisotopic (exact) mass is 107 g/mol. The second-order valence-electron chi connectivity index (χ2n) is 0.924. The van der Waals surface area contributed by atoms with Gasteiger partial charge in [0.1, 0.15) is 0 Å². The molecule has 0 rings (SSSR count). The molecule has 0 heterocycles. The number of amides is 1. The summed E-state index contributed by atoms with van der Waals surface area (Å²) in [5.74, 6) is 0. The zero-order valence-electron chi connectivity index (χ0n) is 3.65. The second kappa shape index (κ2) is 3.55. The Morgan fingerprint density at radius 2 is 2.43 bits per heavy atom. The Bertz CT molecular complexity index is 66.0. The number of carbonyl (C=O) groups excluding carboxylic acids is 1. The van der Waals surface area contributed by atoms with E-state index in [1.807, 2.05) is 0 Å². The predicted octanol–water partition coefficient (Wildman–Crippen LogP) is -0.342. The summed E-state index contributed by atoms with van der Waals surface area (Å²) in [5.41, 5.74) is 0. The molecule has 0 bridgehead atoms. The van der Waals surface area contributed by atoms with Crippen molar-refractivity contribution in [3.05, 3.63) is 0 Å². The van der Waals surface area contributed by atoms with E-state index >= 15 is 0 Å². The van der Waals surface area contributed by atoms with Crippen LogP contribution in [0.5, 0.6) is 0 Å². The Balaban J connectivity index is 2.82. The zero-order valence-corrected chi connectivity index (χ0v) is 3.65. The lowest BCUT2D eigenvalue weighted by Gasteiger charge is -1.89. The highest BCUT2D eigenvalue weighted by atomic mass is 19.1. The van der Waals surface area contributed by atoms with Crippen LogP contribution in [-0.2, 0) is 0 Å². The van der Waals surface area contributed by atoms with E-state index in [-0.39, 0.29) is 13.2 Å². The first-order valence-corrected chi connectivity index (χ1v) is 1.81. The van der Waals surface area contributed by atoms with Gasteiger partial charge in [-0.3, -0.25) is 0 Å². The van der Waals surface area contributed by atoms with Crippen molar-refractivity contribution < 1.29 is 14.3 Å².